The minimum atomic E-state index is -4.44. The highest BCUT2D eigenvalue weighted by Gasteiger charge is 2.33. The molecule has 1 aromatic heterocycles. The van der Waals surface area contributed by atoms with Crippen molar-refractivity contribution in [1.29, 1.82) is 0 Å². The van der Waals surface area contributed by atoms with Gasteiger partial charge in [0, 0.05) is 24.6 Å². The Hall–Kier alpha value is -2.15. The van der Waals surface area contributed by atoms with Crippen LogP contribution in [0.4, 0.5) is 13.2 Å². The van der Waals surface area contributed by atoms with Gasteiger partial charge in [-0.2, -0.15) is 13.2 Å². The summed E-state index contributed by atoms with van der Waals surface area (Å²) in [5, 5.41) is 3.13. The summed E-state index contributed by atoms with van der Waals surface area (Å²) in [7, 11) is 0. The number of hydrogen-bond donors (Lipinski definition) is 1. The third-order valence-electron chi connectivity index (χ3n) is 3.45. The van der Waals surface area contributed by atoms with E-state index in [0.29, 0.717) is 18.3 Å². The van der Waals surface area contributed by atoms with Crippen LogP contribution in [0.2, 0.25) is 0 Å². The lowest BCUT2D eigenvalue weighted by Gasteiger charge is -2.26. The van der Waals surface area contributed by atoms with Gasteiger partial charge in [-0.1, -0.05) is 18.2 Å². The Bertz CT molecular complexity index is 639. The summed E-state index contributed by atoms with van der Waals surface area (Å²) in [4.78, 5) is 7.99. The number of rotatable bonds is 4. The highest BCUT2D eigenvalue weighted by Crippen LogP contribution is 2.35. The van der Waals surface area contributed by atoms with Gasteiger partial charge in [0.1, 0.15) is 0 Å². The molecule has 22 heavy (non-hydrogen) atoms. The van der Waals surface area contributed by atoms with Crippen molar-refractivity contribution in [3.05, 3.63) is 42.2 Å². The summed E-state index contributed by atoms with van der Waals surface area (Å²) in [6.45, 7) is 2.38. The van der Waals surface area contributed by atoms with E-state index >= 15 is 0 Å². The number of ether oxygens (including phenoxy) is 1. The second kappa shape index (κ2) is 5.92. The standard InChI is InChI=1S/C15H14F3N3O/c16-15(17,18)13-4-2-1-3-12(13)14-20-7-11(8-21-14)22-9-10-5-19-6-10/h1-4,7-8,10,19H,5-6,9H2. The molecule has 1 aliphatic rings. The van der Waals surface area contributed by atoms with Gasteiger partial charge in [0.15, 0.2) is 11.6 Å². The maximum absolute atomic E-state index is 13.0. The van der Waals surface area contributed by atoms with E-state index in [1.807, 2.05) is 0 Å². The topological polar surface area (TPSA) is 47.0 Å². The van der Waals surface area contributed by atoms with Crippen molar-refractivity contribution >= 4 is 0 Å². The van der Waals surface area contributed by atoms with E-state index in [-0.39, 0.29) is 11.4 Å². The molecule has 0 amide bonds. The lowest BCUT2D eigenvalue weighted by atomic mass is 10.1. The zero-order chi connectivity index (χ0) is 15.6. The van der Waals surface area contributed by atoms with Crippen LogP contribution in [0.1, 0.15) is 5.56 Å². The third kappa shape index (κ3) is 3.19. The number of hydrogen-bond acceptors (Lipinski definition) is 4. The van der Waals surface area contributed by atoms with Gasteiger partial charge >= 0.3 is 6.18 Å². The van der Waals surface area contributed by atoms with Crippen LogP contribution < -0.4 is 10.1 Å². The molecule has 1 saturated heterocycles. The summed E-state index contributed by atoms with van der Waals surface area (Å²) in [6, 6.07) is 5.25. The van der Waals surface area contributed by atoms with E-state index < -0.39 is 11.7 Å². The second-order valence-corrected chi connectivity index (χ2v) is 5.12. The fourth-order valence-electron chi connectivity index (χ4n) is 2.14. The maximum atomic E-state index is 13.0. The van der Waals surface area contributed by atoms with E-state index in [1.165, 1.54) is 30.6 Å². The molecule has 3 rings (SSSR count). The molecule has 1 aliphatic heterocycles. The molecule has 7 heteroatoms. The third-order valence-corrected chi connectivity index (χ3v) is 3.45. The molecule has 0 bridgehead atoms. The number of aromatic nitrogens is 2. The molecular weight excluding hydrogens is 295 g/mol. The molecule has 1 aromatic carbocycles. The number of benzene rings is 1. The van der Waals surface area contributed by atoms with Gasteiger partial charge in [-0.25, -0.2) is 9.97 Å². The number of alkyl halides is 3. The van der Waals surface area contributed by atoms with Crippen LogP contribution in [0.15, 0.2) is 36.7 Å². The summed E-state index contributed by atoms with van der Waals surface area (Å²) in [5.41, 5.74) is -0.783. The van der Waals surface area contributed by atoms with Crippen LogP contribution in [0.5, 0.6) is 5.75 Å². The Morgan fingerprint density at radius 3 is 2.41 bits per heavy atom. The van der Waals surface area contributed by atoms with Crippen LogP contribution in [-0.4, -0.2) is 29.7 Å². The smallest absolute Gasteiger partial charge is 0.417 e. The molecule has 2 heterocycles. The first kappa shape index (κ1) is 14.8. The van der Waals surface area contributed by atoms with Crippen LogP contribution in [0, 0.1) is 5.92 Å². The van der Waals surface area contributed by atoms with Gasteiger partial charge in [0.05, 0.1) is 24.6 Å². The quantitative estimate of drug-likeness (QED) is 0.943. The van der Waals surface area contributed by atoms with Crippen molar-refractivity contribution < 1.29 is 17.9 Å². The lowest BCUT2D eigenvalue weighted by molar-refractivity contribution is -0.137. The van der Waals surface area contributed by atoms with Gasteiger partial charge in [-0.15, -0.1) is 0 Å². The SMILES string of the molecule is FC(F)(F)c1ccccc1-c1ncc(OCC2CNC2)cn1. The Morgan fingerprint density at radius 2 is 1.82 bits per heavy atom. The Kier molecular flexibility index (Phi) is 3.98. The highest BCUT2D eigenvalue weighted by atomic mass is 19.4. The largest absolute Gasteiger partial charge is 0.490 e. The summed E-state index contributed by atoms with van der Waals surface area (Å²) >= 11 is 0. The molecule has 1 N–H and O–H groups in total. The monoisotopic (exact) mass is 309 g/mol. The van der Waals surface area contributed by atoms with Crippen LogP contribution in [-0.2, 0) is 6.18 Å². The molecule has 0 unspecified atom stereocenters. The molecule has 4 nitrogen and oxygen atoms in total. The molecular formula is C15H14F3N3O. The molecule has 0 saturated carbocycles. The van der Waals surface area contributed by atoms with Gasteiger partial charge in [0.25, 0.3) is 0 Å². The molecule has 0 spiro atoms. The van der Waals surface area contributed by atoms with Crippen molar-refractivity contribution in [3.8, 4) is 17.1 Å². The summed E-state index contributed by atoms with van der Waals surface area (Å²) in [5.74, 6) is 0.955. The normalized spacial score (nSPS) is 15.4. The molecule has 0 radical (unpaired) electrons. The Morgan fingerprint density at radius 1 is 1.14 bits per heavy atom. The van der Waals surface area contributed by atoms with Crippen LogP contribution in [0.25, 0.3) is 11.4 Å². The fourth-order valence-corrected chi connectivity index (χ4v) is 2.14. The molecule has 0 aliphatic carbocycles. The van der Waals surface area contributed by atoms with E-state index in [2.05, 4.69) is 15.3 Å². The van der Waals surface area contributed by atoms with E-state index in [1.54, 1.807) is 0 Å². The maximum Gasteiger partial charge on any atom is 0.417 e. The highest BCUT2D eigenvalue weighted by molar-refractivity contribution is 5.61. The fraction of sp³-hybridized carbons (Fsp3) is 0.333. The molecule has 0 atom stereocenters. The van der Waals surface area contributed by atoms with Crippen molar-refractivity contribution in [2.75, 3.05) is 19.7 Å². The van der Waals surface area contributed by atoms with E-state index in [4.69, 9.17) is 4.74 Å². The van der Waals surface area contributed by atoms with Crippen molar-refractivity contribution in [1.82, 2.24) is 15.3 Å². The minimum absolute atomic E-state index is 0.0329. The minimum Gasteiger partial charge on any atom is -0.490 e. The van der Waals surface area contributed by atoms with Gasteiger partial charge < -0.3 is 10.1 Å². The average Bonchev–Trinajstić information content (AvgIpc) is 2.45. The van der Waals surface area contributed by atoms with E-state index in [0.717, 1.165) is 19.2 Å². The summed E-state index contributed by atoms with van der Waals surface area (Å²) < 4.78 is 44.5. The molecule has 116 valence electrons. The number of nitrogens with one attached hydrogen (secondary N) is 1. The molecule has 2 aromatic rings. The lowest BCUT2D eigenvalue weighted by Crippen LogP contribution is -2.45. The van der Waals surface area contributed by atoms with Gasteiger partial charge in [-0.3, -0.25) is 0 Å². The van der Waals surface area contributed by atoms with Crippen molar-refractivity contribution in [2.24, 2.45) is 5.92 Å². The Balaban J connectivity index is 1.78. The number of nitrogens with zero attached hydrogens (tertiary/aromatic N) is 2. The van der Waals surface area contributed by atoms with Crippen LogP contribution >= 0.6 is 0 Å². The second-order valence-electron chi connectivity index (χ2n) is 5.12. The van der Waals surface area contributed by atoms with Crippen molar-refractivity contribution in [3.63, 3.8) is 0 Å². The Labute approximate surface area is 125 Å². The zero-order valence-electron chi connectivity index (χ0n) is 11.6. The van der Waals surface area contributed by atoms with E-state index in [9.17, 15) is 13.2 Å². The summed E-state index contributed by atoms with van der Waals surface area (Å²) in [6.07, 6.45) is -1.63. The average molecular weight is 309 g/mol. The predicted octanol–water partition coefficient (Wildman–Crippen LogP) is 2.76. The first-order valence-corrected chi connectivity index (χ1v) is 6.86. The predicted molar refractivity (Wildman–Crippen MR) is 74.3 cm³/mol. The zero-order valence-corrected chi connectivity index (χ0v) is 11.6. The van der Waals surface area contributed by atoms with Gasteiger partial charge in [-0.05, 0) is 6.07 Å². The number of halogens is 3. The van der Waals surface area contributed by atoms with Crippen molar-refractivity contribution in [2.45, 2.75) is 6.18 Å². The first-order chi connectivity index (χ1) is 10.5. The van der Waals surface area contributed by atoms with Gasteiger partial charge in [0.2, 0.25) is 0 Å². The molecule has 1 fully saturated rings. The first-order valence-electron chi connectivity index (χ1n) is 6.86. The van der Waals surface area contributed by atoms with Crippen LogP contribution in [0.3, 0.4) is 0 Å².